The number of aromatic nitrogens is 1. The van der Waals surface area contributed by atoms with E-state index in [1.807, 2.05) is 19.3 Å². The molecule has 1 aromatic heterocycles. The first-order chi connectivity index (χ1) is 10.1. The number of rotatable bonds is 7. The van der Waals surface area contributed by atoms with E-state index in [4.69, 9.17) is 0 Å². The molecule has 4 heteroatoms. The van der Waals surface area contributed by atoms with Crippen LogP contribution in [-0.2, 0) is 6.42 Å². The van der Waals surface area contributed by atoms with E-state index in [1.165, 1.54) is 24.9 Å². The lowest BCUT2D eigenvalue weighted by Gasteiger charge is -2.34. The van der Waals surface area contributed by atoms with Crippen LogP contribution in [0.15, 0.2) is 24.5 Å². The lowest BCUT2D eigenvalue weighted by Crippen LogP contribution is -2.40. The van der Waals surface area contributed by atoms with Crippen LogP contribution in [0.5, 0.6) is 0 Å². The molecule has 1 aliphatic heterocycles. The number of hydrogen-bond donors (Lipinski definition) is 1. The predicted molar refractivity (Wildman–Crippen MR) is 86.3 cm³/mol. The fourth-order valence-corrected chi connectivity index (χ4v) is 3.13. The van der Waals surface area contributed by atoms with Crippen LogP contribution in [0.2, 0.25) is 0 Å². The Kier molecular flexibility index (Phi) is 6.61. The molecule has 4 nitrogen and oxygen atoms in total. The molecule has 1 N–H and O–H groups in total. The molecule has 0 saturated carbocycles. The molecule has 0 amide bonds. The summed E-state index contributed by atoms with van der Waals surface area (Å²) in [5.41, 5.74) is 1.36. The zero-order valence-corrected chi connectivity index (χ0v) is 13.4. The predicted octanol–water partition coefficient (Wildman–Crippen LogP) is 1.65. The monoisotopic (exact) mass is 291 g/mol. The molecule has 0 radical (unpaired) electrons. The molecule has 1 saturated heterocycles. The standard InChI is InChI=1S/C17H29N3O/c1-15(21)13-20-11-6-17(7-12-20)14-19(2)10-5-16-3-8-18-9-4-16/h3-4,8-9,15,17,21H,5-7,10-14H2,1-2H3/t15-/m0/s1. The third-order valence-electron chi connectivity index (χ3n) is 4.33. The van der Waals surface area contributed by atoms with E-state index in [0.29, 0.717) is 0 Å². The summed E-state index contributed by atoms with van der Waals surface area (Å²) in [5.74, 6) is 0.803. The van der Waals surface area contributed by atoms with Crippen molar-refractivity contribution < 1.29 is 5.11 Å². The summed E-state index contributed by atoms with van der Waals surface area (Å²) in [6, 6.07) is 4.20. The van der Waals surface area contributed by atoms with Gasteiger partial charge >= 0.3 is 0 Å². The highest BCUT2D eigenvalue weighted by Crippen LogP contribution is 2.18. The molecule has 2 rings (SSSR count). The molecule has 0 spiro atoms. The zero-order valence-electron chi connectivity index (χ0n) is 13.4. The van der Waals surface area contributed by atoms with Crippen LogP contribution in [-0.4, -0.2) is 65.8 Å². The molecule has 0 bridgehead atoms. The van der Waals surface area contributed by atoms with Crippen molar-refractivity contribution in [2.75, 3.05) is 39.8 Å². The minimum atomic E-state index is -0.204. The Labute approximate surface area is 128 Å². The maximum Gasteiger partial charge on any atom is 0.0639 e. The Balaban J connectivity index is 1.64. The van der Waals surface area contributed by atoms with E-state index in [9.17, 15) is 5.11 Å². The third kappa shape index (κ3) is 6.12. The molecular formula is C17H29N3O. The number of piperidine rings is 1. The van der Waals surface area contributed by atoms with Crippen molar-refractivity contribution >= 4 is 0 Å². The van der Waals surface area contributed by atoms with Gasteiger partial charge in [0.2, 0.25) is 0 Å². The van der Waals surface area contributed by atoms with Crippen LogP contribution in [0.3, 0.4) is 0 Å². The zero-order chi connectivity index (χ0) is 15.1. The summed E-state index contributed by atoms with van der Waals surface area (Å²) >= 11 is 0. The first-order valence-electron chi connectivity index (χ1n) is 8.11. The Morgan fingerprint density at radius 3 is 2.62 bits per heavy atom. The van der Waals surface area contributed by atoms with Crippen molar-refractivity contribution in [1.82, 2.24) is 14.8 Å². The number of likely N-dealkylation sites (tertiary alicyclic amines) is 1. The minimum absolute atomic E-state index is 0.204. The molecule has 118 valence electrons. The average molecular weight is 291 g/mol. The highest BCUT2D eigenvalue weighted by molar-refractivity contribution is 5.09. The second-order valence-electron chi connectivity index (χ2n) is 6.46. The Morgan fingerprint density at radius 2 is 2.00 bits per heavy atom. The molecule has 21 heavy (non-hydrogen) atoms. The molecule has 1 fully saturated rings. The lowest BCUT2D eigenvalue weighted by molar-refractivity contribution is 0.0927. The van der Waals surface area contributed by atoms with Gasteiger partial charge in [-0.25, -0.2) is 0 Å². The van der Waals surface area contributed by atoms with E-state index >= 15 is 0 Å². The maximum atomic E-state index is 9.44. The van der Waals surface area contributed by atoms with Gasteiger partial charge in [-0.15, -0.1) is 0 Å². The highest BCUT2D eigenvalue weighted by Gasteiger charge is 2.20. The number of β-amino-alcohol motifs (C(OH)–C–C–N with tert-alkyl or cyclic N) is 1. The molecule has 1 aromatic rings. The largest absolute Gasteiger partial charge is 0.392 e. The number of nitrogens with zero attached hydrogens (tertiary/aromatic N) is 3. The molecule has 0 aliphatic carbocycles. The van der Waals surface area contributed by atoms with Gasteiger partial charge in [-0.2, -0.15) is 0 Å². The smallest absolute Gasteiger partial charge is 0.0639 e. The molecule has 0 aromatic carbocycles. The molecular weight excluding hydrogens is 262 g/mol. The van der Waals surface area contributed by atoms with Crippen molar-refractivity contribution in [1.29, 1.82) is 0 Å². The quantitative estimate of drug-likeness (QED) is 0.829. The fourth-order valence-electron chi connectivity index (χ4n) is 3.13. The van der Waals surface area contributed by atoms with Crippen molar-refractivity contribution in [2.24, 2.45) is 5.92 Å². The fraction of sp³-hybridized carbons (Fsp3) is 0.706. The van der Waals surface area contributed by atoms with Gasteiger partial charge in [-0.1, -0.05) is 0 Å². The van der Waals surface area contributed by atoms with Crippen LogP contribution in [0.4, 0.5) is 0 Å². The SMILES string of the molecule is C[C@H](O)CN1CCC(CN(C)CCc2ccncc2)CC1. The summed E-state index contributed by atoms with van der Waals surface area (Å²) in [4.78, 5) is 8.90. The second kappa shape index (κ2) is 8.47. The van der Waals surface area contributed by atoms with Gasteiger partial charge in [0.05, 0.1) is 6.10 Å². The van der Waals surface area contributed by atoms with Gasteiger partial charge in [0.1, 0.15) is 0 Å². The summed E-state index contributed by atoms with van der Waals surface area (Å²) < 4.78 is 0. The van der Waals surface area contributed by atoms with Crippen LogP contribution >= 0.6 is 0 Å². The average Bonchev–Trinajstić information content (AvgIpc) is 2.48. The number of hydrogen-bond acceptors (Lipinski definition) is 4. The second-order valence-corrected chi connectivity index (χ2v) is 6.46. The Hall–Kier alpha value is -0.970. The van der Waals surface area contributed by atoms with Crippen LogP contribution in [0, 0.1) is 5.92 Å². The van der Waals surface area contributed by atoms with E-state index in [0.717, 1.165) is 38.5 Å². The van der Waals surface area contributed by atoms with Gasteiger partial charge in [-0.3, -0.25) is 4.98 Å². The van der Waals surface area contributed by atoms with Crippen molar-refractivity contribution in [3.05, 3.63) is 30.1 Å². The van der Waals surface area contributed by atoms with Crippen molar-refractivity contribution in [3.8, 4) is 0 Å². The van der Waals surface area contributed by atoms with Gasteiger partial charge in [0.25, 0.3) is 0 Å². The number of aliphatic hydroxyl groups is 1. The van der Waals surface area contributed by atoms with E-state index in [2.05, 4.69) is 34.0 Å². The summed E-state index contributed by atoms with van der Waals surface area (Å²) in [6.07, 6.45) is 7.14. The summed E-state index contributed by atoms with van der Waals surface area (Å²) in [5, 5.41) is 9.44. The minimum Gasteiger partial charge on any atom is -0.392 e. The normalized spacial score (nSPS) is 19.0. The number of likely N-dealkylation sites (N-methyl/N-ethyl adjacent to an activating group) is 1. The summed E-state index contributed by atoms with van der Waals surface area (Å²) in [7, 11) is 2.23. The number of pyridine rings is 1. The van der Waals surface area contributed by atoms with Gasteiger partial charge in [0.15, 0.2) is 0 Å². The van der Waals surface area contributed by atoms with Crippen LogP contribution < -0.4 is 0 Å². The molecule has 1 atom stereocenters. The third-order valence-corrected chi connectivity index (χ3v) is 4.33. The van der Waals surface area contributed by atoms with Gasteiger partial charge < -0.3 is 14.9 Å². The lowest BCUT2D eigenvalue weighted by atomic mass is 9.96. The first-order valence-corrected chi connectivity index (χ1v) is 8.11. The molecule has 2 heterocycles. The topological polar surface area (TPSA) is 39.6 Å². The summed E-state index contributed by atoms with van der Waals surface area (Å²) in [6.45, 7) is 7.26. The Morgan fingerprint density at radius 1 is 1.33 bits per heavy atom. The number of aliphatic hydroxyl groups excluding tert-OH is 1. The van der Waals surface area contributed by atoms with E-state index in [-0.39, 0.29) is 6.10 Å². The highest BCUT2D eigenvalue weighted by atomic mass is 16.3. The van der Waals surface area contributed by atoms with Crippen LogP contribution in [0.25, 0.3) is 0 Å². The molecule has 0 unspecified atom stereocenters. The van der Waals surface area contributed by atoms with E-state index < -0.39 is 0 Å². The van der Waals surface area contributed by atoms with Crippen molar-refractivity contribution in [2.45, 2.75) is 32.3 Å². The Bertz CT molecular complexity index is 388. The van der Waals surface area contributed by atoms with Crippen molar-refractivity contribution in [3.63, 3.8) is 0 Å². The van der Waals surface area contributed by atoms with Gasteiger partial charge in [-0.05, 0) is 69.9 Å². The molecule has 1 aliphatic rings. The maximum absolute atomic E-state index is 9.44. The van der Waals surface area contributed by atoms with Gasteiger partial charge in [0, 0.05) is 32.0 Å². The first kappa shape index (κ1) is 16.4. The van der Waals surface area contributed by atoms with Crippen LogP contribution in [0.1, 0.15) is 25.3 Å². The van der Waals surface area contributed by atoms with E-state index in [1.54, 1.807) is 0 Å².